The number of hydrogen-bond acceptors (Lipinski definition) is 4. The molecule has 0 bridgehead atoms. The van der Waals surface area contributed by atoms with Gasteiger partial charge >= 0.3 is 7.60 Å². The molecule has 0 saturated carbocycles. The fourth-order valence-electron chi connectivity index (χ4n) is 5.72. The summed E-state index contributed by atoms with van der Waals surface area (Å²) in [5.41, 5.74) is 10.2. The van der Waals surface area contributed by atoms with Gasteiger partial charge in [-0.1, -0.05) is 111 Å². The van der Waals surface area contributed by atoms with Crippen molar-refractivity contribution in [3.05, 3.63) is 133 Å². The molecule has 4 rings (SSSR count). The Kier molecular flexibility index (Phi) is 16.3. The Hall–Kier alpha value is -3.22. The molecule has 264 valence electrons. The molecule has 0 unspecified atom stereocenters. The first-order valence-electron chi connectivity index (χ1n) is 18.0. The van der Waals surface area contributed by atoms with Gasteiger partial charge in [-0.3, -0.25) is 4.57 Å². The highest BCUT2D eigenvalue weighted by molar-refractivity contribution is 14.1. The maximum absolute atomic E-state index is 13.2. The molecule has 0 amide bonds. The first-order chi connectivity index (χ1) is 24.2. The minimum absolute atomic E-state index is 0.247. The molecule has 0 saturated heterocycles. The second-order valence-electron chi connectivity index (χ2n) is 12.6. The molecule has 0 aliphatic heterocycles. The van der Waals surface area contributed by atoms with Gasteiger partial charge in [0.25, 0.3) is 0 Å². The van der Waals surface area contributed by atoms with Crippen LogP contribution in [0.2, 0.25) is 0 Å². The van der Waals surface area contributed by atoms with Crippen molar-refractivity contribution in [2.75, 3.05) is 31.2 Å². The van der Waals surface area contributed by atoms with Crippen molar-refractivity contribution in [1.82, 2.24) is 0 Å². The fraction of sp³-hybridized carbons (Fsp3) is 0.318. The Morgan fingerprint density at radius 2 is 1.04 bits per heavy atom. The van der Waals surface area contributed by atoms with Gasteiger partial charge in [0, 0.05) is 22.3 Å². The molecule has 0 aliphatic rings. The molecule has 6 heteroatoms. The molecule has 4 aromatic rings. The number of rotatable bonds is 19. The zero-order valence-electron chi connectivity index (χ0n) is 30.4. The predicted molar refractivity (Wildman–Crippen MR) is 227 cm³/mol. The van der Waals surface area contributed by atoms with E-state index in [-0.39, 0.29) is 6.16 Å². The summed E-state index contributed by atoms with van der Waals surface area (Å²) in [6.07, 6.45) is 18.1. The normalized spacial score (nSPS) is 12.1. The van der Waals surface area contributed by atoms with Crippen LogP contribution < -0.4 is 4.90 Å². The molecule has 0 aromatic heterocycles. The summed E-state index contributed by atoms with van der Waals surface area (Å²) in [7, 11) is -3.20. The van der Waals surface area contributed by atoms with E-state index in [2.05, 4.69) is 164 Å². The van der Waals surface area contributed by atoms with Crippen molar-refractivity contribution in [3.8, 4) is 0 Å². The van der Waals surface area contributed by atoms with Crippen molar-refractivity contribution in [3.63, 3.8) is 0 Å². The highest BCUT2D eigenvalue weighted by Crippen LogP contribution is 2.51. The lowest BCUT2D eigenvalue weighted by Gasteiger charge is -2.24. The maximum atomic E-state index is 13.2. The molecular weight excluding hydrogens is 748 g/mol. The topological polar surface area (TPSA) is 38.8 Å². The van der Waals surface area contributed by atoms with Crippen LogP contribution in [0.5, 0.6) is 0 Å². The summed E-state index contributed by atoms with van der Waals surface area (Å²) in [5, 5.41) is 0. The average molecular weight is 802 g/mol. The summed E-state index contributed by atoms with van der Waals surface area (Å²) in [5.74, 6) is 0. The third-order valence-electron chi connectivity index (χ3n) is 8.31. The third kappa shape index (κ3) is 13.2. The van der Waals surface area contributed by atoms with Crippen molar-refractivity contribution < 1.29 is 13.6 Å². The highest BCUT2D eigenvalue weighted by Gasteiger charge is 2.24. The Bertz CT molecular complexity index is 1760. The van der Waals surface area contributed by atoms with Crippen molar-refractivity contribution in [1.29, 1.82) is 0 Å². The smallest absolute Gasteiger partial charge is 0.335 e. The zero-order valence-corrected chi connectivity index (χ0v) is 33.5. The van der Waals surface area contributed by atoms with E-state index >= 15 is 0 Å². The quantitative estimate of drug-likeness (QED) is 0.0538. The number of anilines is 1. The van der Waals surface area contributed by atoms with E-state index in [1.54, 1.807) is 0 Å². The van der Waals surface area contributed by atoms with Gasteiger partial charge < -0.3 is 13.9 Å². The van der Waals surface area contributed by atoms with Gasteiger partial charge in [-0.2, -0.15) is 0 Å². The number of aryl methyl sites for hydroxylation is 1. The van der Waals surface area contributed by atoms with E-state index < -0.39 is 7.60 Å². The second-order valence-corrected chi connectivity index (χ2v) is 15.9. The van der Waals surface area contributed by atoms with Gasteiger partial charge in [-0.15, -0.1) is 0 Å². The number of unbranched alkanes of at least 4 members (excludes halogenated alkanes) is 2. The molecule has 0 fully saturated rings. The number of hydrogen-bond donors (Lipinski definition) is 0. The van der Waals surface area contributed by atoms with E-state index in [9.17, 15) is 4.57 Å². The lowest BCUT2D eigenvalue weighted by atomic mass is 10.0. The minimum atomic E-state index is -3.20. The van der Waals surface area contributed by atoms with Gasteiger partial charge in [0.05, 0.1) is 19.4 Å². The Balaban J connectivity index is 1.61. The van der Waals surface area contributed by atoms with Crippen molar-refractivity contribution >= 4 is 72.3 Å². The Morgan fingerprint density at radius 3 is 1.50 bits per heavy atom. The lowest BCUT2D eigenvalue weighted by molar-refractivity contribution is 0.219. The molecule has 0 spiro atoms. The maximum Gasteiger partial charge on any atom is 0.335 e. The Morgan fingerprint density at radius 1 is 0.600 bits per heavy atom. The number of nitrogens with zero attached hydrogens (tertiary/aromatic N) is 1. The average Bonchev–Trinajstić information content (AvgIpc) is 3.10. The summed E-state index contributed by atoms with van der Waals surface area (Å²) >= 11 is 2.32. The minimum Gasteiger partial charge on any atom is -0.372 e. The molecule has 0 radical (unpaired) electrons. The SMILES string of the molecule is CCCCN(CCCC)c1ccc(/C=C/c2cc(/C=C/c3ccc(C)cc3)cc(/C=C/c3cc(I)cc(CP(=O)(OCC)OCC)c3)c2)cc1. The first kappa shape index (κ1) is 39.6. The summed E-state index contributed by atoms with van der Waals surface area (Å²) in [6, 6.07) is 30.5. The van der Waals surface area contributed by atoms with Gasteiger partial charge in [0.2, 0.25) is 0 Å². The van der Waals surface area contributed by atoms with Crippen LogP contribution in [-0.4, -0.2) is 26.3 Å². The monoisotopic (exact) mass is 801 g/mol. The van der Waals surface area contributed by atoms with E-state index in [0.29, 0.717) is 13.2 Å². The standard InChI is InChI=1S/C44H53INO3P/c1-6-10-26-46(27-11-7-2)44-24-22-37(23-25-44)17-19-39-28-38(18-16-36-14-12-35(5)13-15-36)29-40(30-39)20-21-41-31-42(33-43(45)32-41)34-50(47,48-8-3)49-9-4/h12-25,28-33H,6-11,26-27,34H2,1-5H3/b18-16+,19-17+,21-20+. The molecule has 4 aromatic carbocycles. The molecule has 0 atom stereocenters. The second kappa shape index (κ2) is 20.6. The van der Waals surface area contributed by atoms with Crippen molar-refractivity contribution in [2.45, 2.75) is 66.5 Å². The number of benzene rings is 4. The third-order valence-corrected chi connectivity index (χ3v) is 11.0. The van der Waals surface area contributed by atoms with E-state index in [1.807, 2.05) is 19.9 Å². The van der Waals surface area contributed by atoms with Crippen LogP contribution in [0.4, 0.5) is 5.69 Å². The molecule has 0 heterocycles. The van der Waals surface area contributed by atoms with Gasteiger partial charge in [0.1, 0.15) is 0 Å². The van der Waals surface area contributed by atoms with E-state index in [1.165, 1.54) is 48.1 Å². The predicted octanol–water partition coefficient (Wildman–Crippen LogP) is 13.3. The molecule has 50 heavy (non-hydrogen) atoms. The molecular formula is C44H53INO3P. The van der Waals surface area contributed by atoms with Crippen LogP contribution in [0.25, 0.3) is 36.5 Å². The van der Waals surface area contributed by atoms with E-state index in [4.69, 9.17) is 9.05 Å². The Labute approximate surface area is 315 Å². The zero-order chi connectivity index (χ0) is 35.8. The largest absolute Gasteiger partial charge is 0.372 e. The van der Waals surface area contributed by atoms with Gasteiger partial charge in [-0.25, -0.2) is 0 Å². The van der Waals surface area contributed by atoms with Crippen LogP contribution in [0, 0.1) is 10.5 Å². The summed E-state index contributed by atoms with van der Waals surface area (Å²) < 4.78 is 25.5. The van der Waals surface area contributed by atoms with E-state index in [0.717, 1.165) is 44.5 Å². The van der Waals surface area contributed by atoms with Crippen LogP contribution in [0.1, 0.15) is 97.9 Å². The summed E-state index contributed by atoms with van der Waals surface area (Å²) in [4.78, 5) is 2.52. The highest BCUT2D eigenvalue weighted by atomic mass is 127. The first-order valence-corrected chi connectivity index (χ1v) is 20.8. The van der Waals surface area contributed by atoms with Gasteiger partial charge in [0.15, 0.2) is 0 Å². The molecule has 0 N–H and O–H groups in total. The molecule has 0 aliphatic carbocycles. The van der Waals surface area contributed by atoms with Crippen molar-refractivity contribution in [2.24, 2.45) is 0 Å². The molecule has 4 nitrogen and oxygen atoms in total. The van der Waals surface area contributed by atoms with Crippen LogP contribution in [0.3, 0.4) is 0 Å². The summed E-state index contributed by atoms with van der Waals surface area (Å²) in [6.45, 7) is 13.2. The number of halogens is 1. The van der Waals surface area contributed by atoms with Crippen LogP contribution >= 0.6 is 30.2 Å². The lowest BCUT2D eigenvalue weighted by Crippen LogP contribution is -2.25. The van der Waals surface area contributed by atoms with Crippen LogP contribution in [0.15, 0.2) is 84.9 Å². The van der Waals surface area contributed by atoms with Gasteiger partial charge in [-0.05, 0) is 138 Å². The fourth-order valence-corrected chi connectivity index (χ4v) is 8.15. The van der Waals surface area contributed by atoms with Crippen LogP contribution in [-0.2, 0) is 19.8 Å².